The molecule has 0 aliphatic rings. The van der Waals surface area contributed by atoms with Gasteiger partial charge in [0, 0.05) is 28.1 Å². The molecule has 0 fully saturated rings. The Balaban J connectivity index is 0.000000379. The Kier molecular flexibility index (Phi) is 21.6. The third-order valence-corrected chi connectivity index (χ3v) is 12.1. The summed E-state index contributed by atoms with van der Waals surface area (Å²) < 4.78 is 82.9. The molecule has 2 N–H and O–H groups in total. The predicted molar refractivity (Wildman–Crippen MR) is 261 cm³/mol. The monoisotopic (exact) mass is 1050 g/mol. The molecule has 3 heterocycles. The summed E-state index contributed by atoms with van der Waals surface area (Å²) in [6, 6.07) is 15.0. The number of halogens is 8. The third kappa shape index (κ3) is 16.4. The maximum atomic E-state index is 13.6. The maximum absolute atomic E-state index is 13.6. The van der Waals surface area contributed by atoms with E-state index in [1.807, 2.05) is 47.6 Å². The molecule has 0 amide bonds. The summed E-state index contributed by atoms with van der Waals surface area (Å²) in [7, 11) is 0. The predicted octanol–water partition coefficient (Wildman–Crippen LogP) is 12.8. The smallest absolute Gasteiger partial charge is 0.393 e. The van der Waals surface area contributed by atoms with Crippen molar-refractivity contribution in [1.82, 2.24) is 14.1 Å². The lowest BCUT2D eigenvalue weighted by atomic mass is 10.0. The van der Waals surface area contributed by atoms with Crippen molar-refractivity contribution in [3.63, 3.8) is 0 Å². The van der Waals surface area contributed by atoms with E-state index in [-0.39, 0.29) is 29.6 Å². The third-order valence-electron chi connectivity index (χ3n) is 9.24. The van der Waals surface area contributed by atoms with Gasteiger partial charge in [-0.15, -0.1) is 22.9 Å². The minimum Gasteiger partial charge on any atom is -0.393 e. The van der Waals surface area contributed by atoms with E-state index >= 15 is 0 Å². The Morgan fingerprint density at radius 1 is 0.821 bits per heavy atom. The first-order valence-electron chi connectivity index (χ1n) is 20.1. The highest BCUT2D eigenvalue weighted by Crippen LogP contribution is 2.39. The van der Waals surface area contributed by atoms with E-state index in [0.29, 0.717) is 33.1 Å². The number of ketones is 2. The number of benzene rings is 2. The fourth-order valence-electron chi connectivity index (χ4n) is 5.60. The molecular weight excluding hydrogens is 1010 g/mol. The number of thiazole rings is 1. The quantitative estimate of drug-likeness (QED) is 0.0639. The van der Waals surface area contributed by atoms with Gasteiger partial charge >= 0.3 is 12.4 Å². The van der Waals surface area contributed by atoms with Gasteiger partial charge in [-0.2, -0.15) is 26.3 Å². The molecule has 20 heteroatoms. The summed E-state index contributed by atoms with van der Waals surface area (Å²) in [5.41, 5.74) is 1.57. The van der Waals surface area contributed by atoms with Crippen LogP contribution in [0.15, 0.2) is 70.3 Å². The van der Waals surface area contributed by atoms with E-state index < -0.39 is 63.7 Å². The Morgan fingerprint density at radius 3 is 1.54 bits per heavy atom. The largest absolute Gasteiger partial charge is 0.407 e. The molecule has 10 nitrogen and oxygen atoms in total. The zero-order valence-electron chi connectivity index (χ0n) is 37.9. The van der Waals surface area contributed by atoms with Crippen LogP contribution in [0.3, 0.4) is 0 Å². The molecule has 67 heavy (non-hydrogen) atoms. The van der Waals surface area contributed by atoms with E-state index in [4.69, 9.17) is 30.5 Å². The molecule has 1 unspecified atom stereocenters. The second-order valence-corrected chi connectivity index (χ2v) is 18.4. The molecule has 0 radical (unpaired) electrons. The maximum Gasteiger partial charge on any atom is 0.407 e. The van der Waals surface area contributed by atoms with Crippen molar-refractivity contribution in [2.24, 2.45) is 11.7 Å². The van der Waals surface area contributed by atoms with Gasteiger partial charge in [0.25, 0.3) is 22.5 Å². The van der Waals surface area contributed by atoms with E-state index in [1.165, 1.54) is 35.8 Å². The van der Waals surface area contributed by atoms with Gasteiger partial charge in [-0.1, -0.05) is 103 Å². The van der Waals surface area contributed by atoms with Gasteiger partial charge in [-0.3, -0.25) is 19.2 Å². The summed E-state index contributed by atoms with van der Waals surface area (Å²) >= 11 is 14.8. The molecule has 0 aliphatic heterocycles. The van der Waals surface area contributed by atoms with Crippen LogP contribution >= 0.6 is 51.1 Å². The molecule has 5 rings (SSSR count). The Hall–Kier alpha value is -5.47. The fourth-order valence-corrected chi connectivity index (χ4v) is 6.60. The SMILES string of the molecule is CC(=O)CBr.CC(C)C(N)=S.[C-]#[N+]c1c(C(F)(F)F)cc(-c2cccc(C)c2)n(CC(=O)C(C)Cl)c1=O.[C-]#[N+]c1c(C(F)(F)F)cc(-c2cccc(C)c2)n(Cc2nc(C(C)C)sc2C)c1=O. The molecule has 0 bridgehead atoms. The average Bonchev–Trinajstić information content (AvgIpc) is 3.61. The van der Waals surface area contributed by atoms with Gasteiger partial charge in [-0.25, -0.2) is 14.7 Å². The number of alkyl halides is 8. The molecule has 0 aliphatic carbocycles. The molecule has 358 valence electrons. The van der Waals surface area contributed by atoms with Crippen molar-refractivity contribution >= 4 is 79.0 Å². The Labute approximate surface area is 407 Å². The first-order valence-corrected chi connectivity index (χ1v) is 22.8. The number of nitrogens with two attached hydrogens (primary N) is 1. The topological polar surface area (TPSA) is 126 Å². The molecule has 0 spiro atoms. The van der Waals surface area contributed by atoms with Crippen molar-refractivity contribution in [2.45, 2.75) is 99.1 Å². The minimum absolute atomic E-state index is 0.00216. The van der Waals surface area contributed by atoms with Crippen LogP contribution in [0.4, 0.5) is 37.7 Å². The molecular formula is C47H48BrClF6N6O4S2. The van der Waals surface area contributed by atoms with Crippen LogP contribution in [-0.4, -0.2) is 41.4 Å². The van der Waals surface area contributed by atoms with Crippen molar-refractivity contribution in [1.29, 1.82) is 0 Å². The van der Waals surface area contributed by atoms with Crippen LogP contribution in [0.1, 0.15) is 85.3 Å². The Bertz CT molecular complexity index is 2800. The number of carbonyl (C=O) groups is 2. The number of carbonyl (C=O) groups excluding carboxylic acids is 2. The van der Waals surface area contributed by atoms with Crippen LogP contribution in [0, 0.1) is 39.8 Å². The second-order valence-electron chi connectivity index (χ2n) is 15.5. The van der Waals surface area contributed by atoms with Gasteiger partial charge < -0.3 is 14.9 Å². The van der Waals surface area contributed by atoms with Crippen molar-refractivity contribution in [3.8, 4) is 22.5 Å². The van der Waals surface area contributed by atoms with Crippen LogP contribution < -0.4 is 16.9 Å². The van der Waals surface area contributed by atoms with Crippen LogP contribution in [0.2, 0.25) is 0 Å². The highest BCUT2D eigenvalue weighted by atomic mass is 79.9. The first kappa shape index (κ1) is 57.7. The molecule has 0 saturated heterocycles. The lowest BCUT2D eigenvalue weighted by Crippen LogP contribution is -2.30. The summed E-state index contributed by atoms with van der Waals surface area (Å²) in [6.45, 7) is 30.0. The summed E-state index contributed by atoms with van der Waals surface area (Å²) in [5, 5.41) is 0.448. The van der Waals surface area contributed by atoms with E-state index in [2.05, 4.69) is 42.8 Å². The Morgan fingerprint density at radius 2 is 1.22 bits per heavy atom. The van der Waals surface area contributed by atoms with Gasteiger partial charge in [-0.05, 0) is 70.0 Å². The molecule has 2 aromatic carbocycles. The number of hydrogen-bond donors (Lipinski definition) is 1. The van der Waals surface area contributed by atoms with Gasteiger partial charge in [0.1, 0.15) is 5.78 Å². The van der Waals surface area contributed by atoms with Crippen LogP contribution in [0.5, 0.6) is 0 Å². The van der Waals surface area contributed by atoms with Gasteiger partial charge in [0.05, 0.1) is 63.8 Å². The lowest BCUT2D eigenvalue weighted by Gasteiger charge is -2.18. The summed E-state index contributed by atoms with van der Waals surface area (Å²) in [5.74, 6) is 0.185. The minimum atomic E-state index is -4.87. The van der Waals surface area contributed by atoms with Crippen LogP contribution in [-0.2, 0) is 35.0 Å². The normalized spacial score (nSPS) is 11.5. The molecule has 1 atom stereocenters. The van der Waals surface area contributed by atoms with Gasteiger partial charge in [0.15, 0.2) is 5.78 Å². The zero-order chi connectivity index (χ0) is 51.3. The average molecular weight is 1050 g/mol. The lowest BCUT2D eigenvalue weighted by molar-refractivity contribution is -0.137. The highest BCUT2D eigenvalue weighted by Gasteiger charge is 2.38. The van der Waals surface area contributed by atoms with Gasteiger partial charge in [0.2, 0.25) is 0 Å². The number of aromatic nitrogens is 3. The van der Waals surface area contributed by atoms with Crippen molar-refractivity contribution < 1.29 is 35.9 Å². The number of Topliss-reactive ketones (excluding diaryl/α,β-unsaturated/α-hetero) is 2. The fraction of sp³-hybridized carbons (Fsp3) is 0.362. The van der Waals surface area contributed by atoms with Crippen molar-refractivity contribution in [3.05, 3.63) is 142 Å². The van der Waals surface area contributed by atoms with Crippen molar-refractivity contribution in [2.75, 3.05) is 5.33 Å². The molecule has 0 saturated carbocycles. The van der Waals surface area contributed by atoms with E-state index in [0.717, 1.165) is 37.7 Å². The van der Waals surface area contributed by atoms with E-state index in [9.17, 15) is 45.5 Å². The summed E-state index contributed by atoms with van der Waals surface area (Å²) in [6.07, 6.45) is -9.68. The standard InChI is InChI=1S/C22H20F3N3OS.C18H14ClF3N2O2.C4H9NS.C3H5BrO/c1-12(2)20-27-17(14(4)30-20)11-28-18(15-8-6-7-13(3)9-15)10-16(22(23,24)25)19(26-5)21(28)29;1-10-5-4-6-12(7-10)14-8-13(18(20,21)22)16(23-3)17(26)24(14)9-15(25)11(2)19;1-3(2)4(5)6;1-3(5)2-4/h6-10,12H,11H2,1-4H3;4-8,11H,9H2,1-2H3;3H,1-2H3,(H2,5,6);2H2,1H3. The number of pyridine rings is 2. The second kappa shape index (κ2) is 25.1. The molecule has 3 aromatic heterocycles. The van der Waals surface area contributed by atoms with E-state index in [1.54, 1.807) is 43.3 Å². The number of aryl methyl sites for hydroxylation is 3. The number of rotatable bonds is 10. The van der Waals surface area contributed by atoms with Crippen LogP contribution in [0.25, 0.3) is 32.2 Å². The molecule has 5 aromatic rings. The number of nitrogens with zero attached hydrogens (tertiary/aromatic N) is 5. The number of hydrogen-bond acceptors (Lipinski definition) is 7. The number of thiocarbonyl (C=S) groups is 1. The summed E-state index contributed by atoms with van der Waals surface area (Å²) in [4.78, 5) is 59.1. The first-order chi connectivity index (χ1) is 31.0. The highest BCUT2D eigenvalue weighted by molar-refractivity contribution is 9.09. The zero-order valence-corrected chi connectivity index (χ0v) is 41.9.